The van der Waals surface area contributed by atoms with Crippen LogP contribution in [0.4, 0.5) is 0 Å². The quantitative estimate of drug-likeness (QED) is 0.431. The van der Waals surface area contributed by atoms with E-state index in [-0.39, 0.29) is 11.8 Å². The molecule has 1 aliphatic rings. The smallest absolute Gasteiger partial charge is 0.242 e. The number of carbonyl (C=O) groups is 1. The maximum Gasteiger partial charge on any atom is 0.242 e. The number of imidazole rings is 1. The molecule has 32 heavy (non-hydrogen) atoms. The number of para-hydroxylation sites is 2. The minimum absolute atomic E-state index is 0.136. The van der Waals surface area contributed by atoms with Gasteiger partial charge in [-0.1, -0.05) is 41.9 Å². The number of hydrogen-bond donors (Lipinski definition) is 0. The normalized spacial score (nSPS) is 16.4. The van der Waals surface area contributed by atoms with Crippen molar-refractivity contribution < 1.29 is 4.79 Å². The van der Waals surface area contributed by atoms with Crippen molar-refractivity contribution in [1.29, 1.82) is 0 Å². The van der Waals surface area contributed by atoms with Gasteiger partial charge in [-0.05, 0) is 60.7 Å². The van der Waals surface area contributed by atoms with Crippen molar-refractivity contribution in [3.8, 4) is 0 Å². The van der Waals surface area contributed by atoms with E-state index in [2.05, 4.69) is 17.1 Å². The fourth-order valence-electron chi connectivity index (χ4n) is 4.45. The van der Waals surface area contributed by atoms with Gasteiger partial charge in [-0.15, -0.1) is 0 Å². The molecule has 1 amide bonds. The van der Waals surface area contributed by atoms with E-state index >= 15 is 0 Å². The highest BCUT2D eigenvalue weighted by Gasteiger charge is 2.26. The fraction of sp³-hybridized carbons (Fsp3) is 0.269. The Morgan fingerprint density at radius 2 is 1.81 bits per heavy atom. The average molecular weight is 445 g/mol. The molecule has 4 aromatic rings. The van der Waals surface area contributed by atoms with E-state index in [1.165, 1.54) is 11.1 Å². The lowest BCUT2D eigenvalue weighted by atomic mass is 9.93. The van der Waals surface area contributed by atoms with E-state index in [1.54, 1.807) is 6.33 Å². The number of halogens is 1. The van der Waals surface area contributed by atoms with E-state index in [0.29, 0.717) is 6.54 Å². The summed E-state index contributed by atoms with van der Waals surface area (Å²) in [5.74, 6) is 0.411. The number of piperidine rings is 1. The van der Waals surface area contributed by atoms with Gasteiger partial charge in [0.05, 0.1) is 17.4 Å². The van der Waals surface area contributed by atoms with Gasteiger partial charge >= 0.3 is 0 Å². The standard InChI is InChI=1S/C26H25ClN4O/c27-22-10-7-19(8-11-22)14-20-9-12-23(28-15-20)21-4-3-13-30(16-21)26(32)17-31-18-29-24-5-1-2-6-25(24)31/h1-2,5-12,15,18,21H,3-4,13-14,16-17H2/t21-/m0/s1. The highest BCUT2D eigenvalue weighted by atomic mass is 35.5. The van der Waals surface area contributed by atoms with Gasteiger partial charge in [0.25, 0.3) is 0 Å². The second-order valence-corrected chi connectivity index (χ2v) is 8.87. The summed E-state index contributed by atoms with van der Waals surface area (Å²) in [7, 11) is 0. The third-order valence-electron chi connectivity index (χ3n) is 6.19. The molecule has 6 heteroatoms. The number of nitrogens with zero attached hydrogens (tertiary/aromatic N) is 4. The summed E-state index contributed by atoms with van der Waals surface area (Å²) in [5.41, 5.74) is 5.36. The van der Waals surface area contributed by atoms with Crippen LogP contribution < -0.4 is 0 Å². The molecule has 1 atom stereocenters. The molecule has 5 rings (SSSR count). The van der Waals surface area contributed by atoms with Gasteiger partial charge in [0.2, 0.25) is 5.91 Å². The number of likely N-dealkylation sites (tertiary alicyclic amines) is 1. The summed E-state index contributed by atoms with van der Waals surface area (Å²) in [4.78, 5) is 24.1. The van der Waals surface area contributed by atoms with Crippen LogP contribution in [0, 0.1) is 0 Å². The molecule has 0 unspecified atom stereocenters. The SMILES string of the molecule is O=C(Cn1cnc2ccccc21)N1CCC[C@H](c2ccc(Cc3ccc(Cl)cc3)cn2)C1. The van der Waals surface area contributed by atoms with E-state index in [0.717, 1.165) is 54.1 Å². The highest BCUT2D eigenvalue weighted by Crippen LogP contribution is 2.26. The molecular formula is C26H25ClN4O. The highest BCUT2D eigenvalue weighted by molar-refractivity contribution is 6.30. The van der Waals surface area contributed by atoms with Crippen LogP contribution in [-0.2, 0) is 17.8 Å². The Hall–Kier alpha value is -3.18. The molecule has 2 aromatic heterocycles. The number of carbonyl (C=O) groups excluding carboxylic acids is 1. The molecular weight excluding hydrogens is 420 g/mol. The van der Waals surface area contributed by atoms with Crippen LogP contribution in [0.25, 0.3) is 11.0 Å². The summed E-state index contributed by atoms with van der Waals surface area (Å²) in [5, 5.41) is 0.750. The summed E-state index contributed by atoms with van der Waals surface area (Å²) < 4.78 is 1.94. The summed E-state index contributed by atoms with van der Waals surface area (Å²) >= 11 is 5.98. The summed E-state index contributed by atoms with van der Waals surface area (Å²) in [6, 6.07) is 20.1. The van der Waals surface area contributed by atoms with Gasteiger partial charge in [0, 0.05) is 35.9 Å². The van der Waals surface area contributed by atoms with Crippen molar-refractivity contribution in [1.82, 2.24) is 19.4 Å². The second-order valence-electron chi connectivity index (χ2n) is 8.43. The first-order valence-corrected chi connectivity index (χ1v) is 11.4. The minimum atomic E-state index is 0.136. The molecule has 0 saturated carbocycles. The Morgan fingerprint density at radius 1 is 1.00 bits per heavy atom. The zero-order chi connectivity index (χ0) is 21.9. The molecule has 0 bridgehead atoms. The number of fused-ring (bicyclic) bond motifs is 1. The summed E-state index contributed by atoms with van der Waals surface area (Å²) in [6.45, 7) is 1.84. The van der Waals surface area contributed by atoms with Gasteiger partial charge in [-0.2, -0.15) is 0 Å². The van der Waals surface area contributed by atoms with Gasteiger partial charge in [0.15, 0.2) is 0 Å². The molecule has 0 radical (unpaired) electrons. The van der Waals surface area contributed by atoms with Crippen LogP contribution in [-0.4, -0.2) is 38.4 Å². The predicted octanol–water partition coefficient (Wildman–Crippen LogP) is 5.08. The third-order valence-corrected chi connectivity index (χ3v) is 6.45. The molecule has 162 valence electrons. The molecule has 2 aromatic carbocycles. The Balaban J connectivity index is 1.23. The molecule has 1 saturated heterocycles. The molecule has 1 fully saturated rings. The van der Waals surface area contributed by atoms with Gasteiger partial charge < -0.3 is 9.47 Å². The van der Waals surface area contributed by atoms with E-state index in [9.17, 15) is 4.79 Å². The molecule has 0 spiro atoms. The van der Waals surface area contributed by atoms with Crippen molar-refractivity contribution >= 4 is 28.5 Å². The first-order valence-electron chi connectivity index (χ1n) is 11.0. The van der Waals surface area contributed by atoms with Crippen LogP contribution in [0.3, 0.4) is 0 Å². The maximum absolute atomic E-state index is 13.0. The number of benzene rings is 2. The van der Waals surface area contributed by atoms with Crippen molar-refractivity contribution in [3.05, 3.63) is 95.0 Å². The Morgan fingerprint density at radius 3 is 2.62 bits per heavy atom. The van der Waals surface area contributed by atoms with Crippen molar-refractivity contribution in [2.45, 2.75) is 31.7 Å². The zero-order valence-electron chi connectivity index (χ0n) is 17.8. The van der Waals surface area contributed by atoms with Crippen molar-refractivity contribution in [3.63, 3.8) is 0 Å². The Bertz CT molecular complexity index is 1220. The van der Waals surface area contributed by atoms with Crippen LogP contribution in [0.15, 0.2) is 73.2 Å². The van der Waals surface area contributed by atoms with Crippen LogP contribution in [0.1, 0.15) is 35.6 Å². The first-order chi connectivity index (χ1) is 15.7. The molecule has 3 heterocycles. The van der Waals surface area contributed by atoms with Gasteiger partial charge in [0.1, 0.15) is 6.54 Å². The molecule has 5 nitrogen and oxygen atoms in total. The first kappa shape index (κ1) is 20.7. The Kier molecular flexibility index (Phi) is 5.91. The molecule has 1 aliphatic heterocycles. The van der Waals surface area contributed by atoms with Crippen LogP contribution in [0.5, 0.6) is 0 Å². The lowest BCUT2D eigenvalue weighted by Gasteiger charge is -2.32. The lowest BCUT2D eigenvalue weighted by molar-refractivity contribution is -0.133. The average Bonchev–Trinajstić information content (AvgIpc) is 3.24. The van der Waals surface area contributed by atoms with Crippen molar-refractivity contribution in [2.24, 2.45) is 0 Å². The minimum Gasteiger partial charge on any atom is -0.340 e. The van der Waals surface area contributed by atoms with Crippen LogP contribution in [0.2, 0.25) is 5.02 Å². The number of hydrogen-bond acceptors (Lipinski definition) is 3. The zero-order valence-corrected chi connectivity index (χ0v) is 18.6. The number of aromatic nitrogens is 3. The van der Waals surface area contributed by atoms with Crippen molar-refractivity contribution in [2.75, 3.05) is 13.1 Å². The van der Waals surface area contributed by atoms with E-state index < -0.39 is 0 Å². The number of rotatable bonds is 5. The van der Waals surface area contributed by atoms with Crippen LogP contribution >= 0.6 is 11.6 Å². The Labute approximate surface area is 192 Å². The topological polar surface area (TPSA) is 51.0 Å². The largest absolute Gasteiger partial charge is 0.340 e. The van der Waals surface area contributed by atoms with Gasteiger partial charge in [-0.3, -0.25) is 9.78 Å². The van der Waals surface area contributed by atoms with E-state index in [4.69, 9.17) is 16.6 Å². The number of pyridine rings is 1. The lowest BCUT2D eigenvalue weighted by Crippen LogP contribution is -2.40. The van der Waals surface area contributed by atoms with Gasteiger partial charge in [-0.25, -0.2) is 4.98 Å². The molecule has 0 N–H and O–H groups in total. The number of amides is 1. The molecule has 0 aliphatic carbocycles. The summed E-state index contributed by atoms with van der Waals surface area (Å²) in [6.07, 6.45) is 6.60. The monoisotopic (exact) mass is 444 g/mol. The fourth-order valence-corrected chi connectivity index (χ4v) is 4.57. The third kappa shape index (κ3) is 4.53. The second kappa shape index (κ2) is 9.13. The predicted molar refractivity (Wildman–Crippen MR) is 127 cm³/mol. The van der Waals surface area contributed by atoms with E-state index in [1.807, 2.05) is 64.2 Å². The maximum atomic E-state index is 13.0.